The minimum Gasteiger partial charge on any atom is -0.367 e. The van der Waals surface area contributed by atoms with Gasteiger partial charge in [-0.25, -0.2) is 15.0 Å². The fourth-order valence-electron chi connectivity index (χ4n) is 4.06. The molecule has 1 fully saturated rings. The van der Waals surface area contributed by atoms with Crippen molar-refractivity contribution >= 4 is 27.9 Å². The molecule has 2 N–H and O–H groups in total. The third kappa shape index (κ3) is 3.10. The van der Waals surface area contributed by atoms with Crippen molar-refractivity contribution in [3.05, 3.63) is 48.9 Å². The zero-order chi connectivity index (χ0) is 20.8. The lowest BCUT2D eigenvalue weighted by atomic mass is 10.2. The number of aromatic amines is 2. The highest BCUT2D eigenvalue weighted by atomic mass is 15.3. The van der Waals surface area contributed by atoms with Crippen LogP contribution in [0.1, 0.15) is 0 Å². The second-order valence-corrected chi connectivity index (χ2v) is 7.81. The lowest BCUT2D eigenvalue weighted by Gasteiger charge is -2.34. The van der Waals surface area contributed by atoms with Crippen LogP contribution in [0.3, 0.4) is 0 Å². The molecule has 31 heavy (non-hydrogen) atoms. The number of hydrogen-bond acceptors (Lipinski definition) is 7. The topological polar surface area (TPSA) is 103 Å². The fraction of sp³-hybridized carbons (Fsp3) is 0.227. The van der Waals surface area contributed by atoms with E-state index in [1.165, 1.54) is 0 Å². The predicted octanol–water partition coefficient (Wildman–Crippen LogP) is 2.71. The highest BCUT2D eigenvalue weighted by Gasteiger charge is 2.20. The van der Waals surface area contributed by atoms with Gasteiger partial charge in [0.1, 0.15) is 11.0 Å². The van der Waals surface area contributed by atoms with E-state index in [9.17, 15) is 0 Å². The van der Waals surface area contributed by atoms with Crippen LogP contribution in [-0.4, -0.2) is 73.2 Å². The summed E-state index contributed by atoms with van der Waals surface area (Å²) in [6, 6.07) is 9.90. The van der Waals surface area contributed by atoms with Gasteiger partial charge in [-0.05, 0) is 37.4 Å². The summed E-state index contributed by atoms with van der Waals surface area (Å²) in [6.45, 7) is 4.03. The number of likely N-dealkylation sites (N-methyl/N-ethyl adjacent to an activating group) is 1. The van der Waals surface area contributed by atoms with Gasteiger partial charge in [-0.15, -0.1) is 0 Å². The summed E-state index contributed by atoms with van der Waals surface area (Å²) >= 11 is 0. The molecule has 9 nitrogen and oxygen atoms in total. The van der Waals surface area contributed by atoms with Crippen LogP contribution in [-0.2, 0) is 0 Å². The van der Waals surface area contributed by atoms with E-state index in [-0.39, 0.29) is 0 Å². The van der Waals surface area contributed by atoms with Crippen LogP contribution in [0.15, 0.2) is 48.9 Å². The average Bonchev–Trinajstić information content (AvgIpc) is 3.43. The largest absolute Gasteiger partial charge is 0.367 e. The lowest BCUT2D eigenvalue weighted by Crippen LogP contribution is -2.44. The summed E-state index contributed by atoms with van der Waals surface area (Å²) in [5.41, 5.74) is 6.85. The molecule has 0 unspecified atom stereocenters. The molecule has 6 heterocycles. The quantitative estimate of drug-likeness (QED) is 0.471. The summed E-state index contributed by atoms with van der Waals surface area (Å²) in [6.07, 6.45) is 5.38. The van der Waals surface area contributed by atoms with Gasteiger partial charge in [0.15, 0.2) is 17.2 Å². The van der Waals surface area contributed by atoms with Crippen LogP contribution in [0, 0.1) is 0 Å². The maximum Gasteiger partial charge on any atom is 0.180 e. The maximum absolute atomic E-state index is 4.84. The Morgan fingerprint density at radius 1 is 0.968 bits per heavy atom. The van der Waals surface area contributed by atoms with Gasteiger partial charge in [0.25, 0.3) is 0 Å². The predicted molar refractivity (Wildman–Crippen MR) is 120 cm³/mol. The van der Waals surface area contributed by atoms with E-state index in [1.54, 1.807) is 12.4 Å². The first kappa shape index (κ1) is 18.0. The molecule has 0 radical (unpaired) electrons. The Morgan fingerprint density at radius 2 is 1.87 bits per heavy atom. The molecule has 0 atom stereocenters. The van der Waals surface area contributed by atoms with Crippen LogP contribution < -0.4 is 4.90 Å². The minimum absolute atomic E-state index is 0.658. The van der Waals surface area contributed by atoms with E-state index in [0.29, 0.717) is 17.2 Å². The third-order valence-corrected chi connectivity index (χ3v) is 5.80. The first-order valence-corrected chi connectivity index (χ1v) is 10.3. The molecular formula is C22H21N9. The normalized spacial score (nSPS) is 15.2. The molecule has 0 aromatic carbocycles. The Kier molecular flexibility index (Phi) is 4.13. The molecule has 0 saturated carbocycles. The van der Waals surface area contributed by atoms with Crippen molar-refractivity contribution in [2.24, 2.45) is 0 Å². The van der Waals surface area contributed by atoms with Gasteiger partial charge in [0, 0.05) is 50.3 Å². The van der Waals surface area contributed by atoms with E-state index in [1.807, 2.05) is 30.5 Å². The zero-order valence-electron chi connectivity index (χ0n) is 17.1. The number of anilines is 1. The van der Waals surface area contributed by atoms with Gasteiger partial charge >= 0.3 is 0 Å². The van der Waals surface area contributed by atoms with E-state index >= 15 is 0 Å². The summed E-state index contributed by atoms with van der Waals surface area (Å²) in [5, 5.41) is 7.57. The summed E-state index contributed by atoms with van der Waals surface area (Å²) in [4.78, 5) is 26.4. The number of H-pyrrole nitrogens is 2. The molecule has 154 valence electrons. The van der Waals surface area contributed by atoms with Crippen molar-refractivity contribution in [1.29, 1.82) is 0 Å². The van der Waals surface area contributed by atoms with Gasteiger partial charge in [0.05, 0.1) is 16.9 Å². The Bertz CT molecular complexity index is 1360. The van der Waals surface area contributed by atoms with Crippen LogP contribution in [0.2, 0.25) is 0 Å². The van der Waals surface area contributed by atoms with Gasteiger partial charge < -0.3 is 14.8 Å². The zero-order valence-corrected chi connectivity index (χ0v) is 17.1. The molecule has 1 aliphatic rings. The Balaban J connectivity index is 1.44. The summed E-state index contributed by atoms with van der Waals surface area (Å²) < 4.78 is 0. The number of hydrogen-bond donors (Lipinski definition) is 2. The van der Waals surface area contributed by atoms with Crippen molar-refractivity contribution in [1.82, 2.24) is 40.0 Å². The number of piperazine rings is 1. The number of aromatic nitrogens is 7. The molecule has 0 bridgehead atoms. The van der Waals surface area contributed by atoms with E-state index in [4.69, 9.17) is 9.97 Å². The monoisotopic (exact) mass is 411 g/mol. The van der Waals surface area contributed by atoms with Gasteiger partial charge in [0.2, 0.25) is 0 Å². The number of fused-ring (bicyclic) bond motifs is 2. The molecule has 1 saturated heterocycles. The van der Waals surface area contributed by atoms with Gasteiger partial charge in [-0.3, -0.25) is 10.1 Å². The smallest absolute Gasteiger partial charge is 0.180 e. The molecule has 0 aliphatic carbocycles. The average molecular weight is 411 g/mol. The molecule has 0 spiro atoms. The molecular weight excluding hydrogens is 390 g/mol. The highest BCUT2D eigenvalue weighted by Crippen LogP contribution is 2.30. The Labute approximate surface area is 178 Å². The third-order valence-electron chi connectivity index (χ3n) is 5.80. The molecule has 9 heteroatoms. The first-order valence-electron chi connectivity index (χ1n) is 10.3. The second-order valence-electron chi connectivity index (χ2n) is 7.81. The molecule has 0 amide bonds. The summed E-state index contributed by atoms with van der Waals surface area (Å²) in [7, 11) is 2.16. The fourth-order valence-corrected chi connectivity index (χ4v) is 4.06. The van der Waals surface area contributed by atoms with Gasteiger partial charge in [-0.1, -0.05) is 0 Å². The maximum atomic E-state index is 4.84. The SMILES string of the molecule is CN1CCN(c2ccnc3nc(-c4n[nH]c5ccc(-c6cccnc6)nc45)[nH]c23)CC1. The van der Waals surface area contributed by atoms with Crippen LogP contribution in [0.5, 0.6) is 0 Å². The number of rotatable bonds is 3. The van der Waals surface area contributed by atoms with Crippen LogP contribution >= 0.6 is 0 Å². The van der Waals surface area contributed by atoms with Gasteiger partial charge in [-0.2, -0.15) is 5.10 Å². The van der Waals surface area contributed by atoms with E-state index in [0.717, 1.165) is 59.7 Å². The standard InChI is InChI=1S/C22H21N9/c1-30-9-11-31(12-10-30)17-6-8-24-21-19(17)26-22(27-21)20-18-16(28-29-20)5-4-15(25-18)14-3-2-7-23-13-14/h2-8,13H,9-12H2,1H3,(H,28,29)(H,24,26,27). The van der Waals surface area contributed by atoms with Crippen molar-refractivity contribution in [3.63, 3.8) is 0 Å². The van der Waals surface area contributed by atoms with Crippen molar-refractivity contribution in [2.45, 2.75) is 0 Å². The number of nitrogens with zero attached hydrogens (tertiary/aromatic N) is 7. The second kappa shape index (κ2) is 7.13. The van der Waals surface area contributed by atoms with Crippen molar-refractivity contribution < 1.29 is 0 Å². The summed E-state index contributed by atoms with van der Waals surface area (Å²) in [5.74, 6) is 0.658. The molecule has 6 rings (SSSR count). The van der Waals surface area contributed by atoms with Crippen LogP contribution in [0.25, 0.3) is 45.0 Å². The van der Waals surface area contributed by atoms with Crippen molar-refractivity contribution in [2.75, 3.05) is 38.1 Å². The Hall–Kier alpha value is -3.85. The first-order chi connectivity index (χ1) is 15.3. The molecule has 1 aliphatic heterocycles. The highest BCUT2D eigenvalue weighted by molar-refractivity contribution is 5.93. The minimum atomic E-state index is 0.658. The van der Waals surface area contributed by atoms with Crippen LogP contribution in [0.4, 0.5) is 5.69 Å². The Morgan fingerprint density at radius 3 is 2.71 bits per heavy atom. The van der Waals surface area contributed by atoms with E-state index in [2.05, 4.69) is 48.1 Å². The lowest BCUT2D eigenvalue weighted by molar-refractivity contribution is 0.313. The number of pyridine rings is 3. The van der Waals surface area contributed by atoms with Crippen molar-refractivity contribution in [3.8, 4) is 22.8 Å². The molecule has 5 aromatic heterocycles. The molecule has 5 aromatic rings. The number of imidazole rings is 1. The number of nitrogens with one attached hydrogen (secondary N) is 2. The van der Waals surface area contributed by atoms with E-state index < -0.39 is 0 Å².